The summed E-state index contributed by atoms with van der Waals surface area (Å²) in [4.78, 5) is 36.0. The number of benzene rings is 2. The standard InChI is InChI=1S/C22H22N4O2S/c1-13-8-10-16(11-9-13)12-23-20(27)15(3)29-22-25-18-7-5-4-6-17(18)19-24-14(2)21(28)26(19)22/h4-11,14-15H,12H2,1-3H3,(H,23,27). The second-order valence-corrected chi connectivity index (χ2v) is 8.49. The Labute approximate surface area is 174 Å². The third-order valence-electron chi connectivity index (χ3n) is 4.90. The Bertz CT molecular complexity index is 1030. The number of carbonyl (C=O) groups excluding carboxylic acids is 2. The summed E-state index contributed by atoms with van der Waals surface area (Å²) in [5, 5.41) is 3.05. The lowest BCUT2D eigenvalue weighted by atomic mass is 10.1. The lowest BCUT2D eigenvalue weighted by Gasteiger charge is -2.26. The molecule has 0 aliphatic carbocycles. The van der Waals surface area contributed by atoms with Gasteiger partial charge in [-0.05, 0) is 38.5 Å². The van der Waals surface area contributed by atoms with E-state index in [-0.39, 0.29) is 11.8 Å². The minimum absolute atomic E-state index is 0.102. The molecule has 0 fully saturated rings. The molecule has 29 heavy (non-hydrogen) atoms. The van der Waals surface area contributed by atoms with Crippen molar-refractivity contribution in [1.29, 1.82) is 0 Å². The average Bonchev–Trinajstić information content (AvgIpc) is 3.02. The van der Waals surface area contributed by atoms with E-state index in [2.05, 4.69) is 15.3 Å². The Morgan fingerprint density at radius 1 is 1.21 bits per heavy atom. The van der Waals surface area contributed by atoms with Crippen molar-refractivity contribution in [1.82, 2.24) is 10.2 Å². The van der Waals surface area contributed by atoms with Gasteiger partial charge in [0.1, 0.15) is 11.9 Å². The van der Waals surface area contributed by atoms with E-state index in [1.807, 2.05) is 62.4 Å². The maximum atomic E-state index is 12.7. The molecule has 2 heterocycles. The van der Waals surface area contributed by atoms with Crippen LogP contribution in [0, 0.1) is 6.92 Å². The molecule has 0 spiro atoms. The van der Waals surface area contributed by atoms with Crippen molar-refractivity contribution in [3.63, 3.8) is 0 Å². The van der Waals surface area contributed by atoms with Crippen molar-refractivity contribution in [2.24, 2.45) is 9.98 Å². The first-order valence-electron chi connectivity index (χ1n) is 9.54. The summed E-state index contributed by atoms with van der Waals surface area (Å²) in [6, 6.07) is 15.2. The van der Waals surface area contributed by atoms with Gasteiger partial charge in [-0.2, -0.15) is 0 Å². The highest BCUT2D eigenvalue weighted by Crippen LogP contribution is 2.34. The van der Waals surface area contributed by atoms with E-state index in [1.54, 1.807) is 11.8 Å². The molecule has 0 saturated heterocycles. The summed E-state index contributed by atoms with van der Waals surface area (Å²) in [5.41, 5.74) is 3.83. The van der Waals surface area contributed by atoms with E-state index in [0.717, 1.165) is 16.8 Å². The van der Waals surface area contributed by atoms with Crippen molar-refractivity contribution in [2.45, 2.75) is 38.6 Å². The van der Waals surface area contributed by atoms with Crippen LogP contribution in [0.4, 0.5) is 5.69 Å². The van der Waals surface area contributed by atoms with Gasteiger partial charge in [-0.3, -0.25) is 14.6 Å². The molecule has 2 atom stereocenters. The van der Waals surface area contributed by atoms with Gasteiger partial charge in [0.05, 0.1) is 10.9 Å². The molecule has 0 saturated carbocycles. The quantitative estimate of drug-likeness (QED) is 0.846. The van der Waals surface area contributed by atoms with Gasteiger partial charge in [-0.25, -0.2) is 9.89 Å². The highest BCUT2D eigenvalue weighted by atomic mass is 32.2. The Morgan fingerprint density at radius 3 is 2.69 bits per heavy atom. The molecule has 2 aromatic carbocycles. The zero-order valence-electron chi connectivity index (χ0n) is 16.5. The number of nitrogens with zero attached hydrogens (tertiary/aromatic N) is 3. The molecule has 1 N–H and O–H groups in total. The van der Waals surface area contributed by atoms with Gasteiger partial charge in [-0.1, -0.05) is 53.7 Å². The zero-order chi connectivity index (χ0) is 20.5. The van der Waals surface area contributed by atoms with Crippen molar-refractivity contribution >= 4 is 40.3 Å². The summed E-state index contributed by atoms with van der Waals surface area (Å²) in [6.45, 7) is 6.09. The van der Waals surface area contributed by atoms with Crippen LogP contribution in [0.5, 0.6) is 0 Å². The molecule has 148 valence electrons. The number of aliphatic imine (C=N–C) groups is 2. The maximum Gasteiger partial charge on any atom is 0.258 e. The van der Waals surface area contributed by atoms with E-state index in [9.17, 15) is 9.59 Å². The molecular formula is C22H22N4O2S. The van der Waals surface area contributed by atoms with Crippen LogP contribution in [0.15, 0.2) is 58.5 Å². The third-order valence-corrected chi connectivity index (χ3v) is 5.95. The molecule has 0 bridgehead atoms. The summed E-state index contributed by atoms with van der Waals surface area (Å²) in [7, 11) is 0. The van der Waals surface area contributed by atoms with Crippen molar-refractivity contribution in [3.05, 3.63) is 65.2 Å². The van der Waals surface area contributed by atoms with Crippen LogP contribution in [-0.4, -0.2) is 39.0 Å². The number of thioether (sulfide) groups is 1. The topological polar surface area (TPSA) is 74.1 Å². The number of rotatable bonds is 4. The molecule has 0 radical (unpaired) electrons. The summed E-state index contributed by atoms with van der Waals surface area (Å²) < 4.78 is 0. The molecule has 2 aliphatic rings. The highest BCUT2D eigenvalue weighted by molar-refractivity contribution is 8.15. The predicted molar refractivity (Wildman–Crippen MR) is 116 cm³/mol. The number of amidine groups is 2. The first-order chi connectivity index (χ1) is 13.9. The molecular weight excluding hydrogens is 384 g/mol. The average molecular weight is 407 g/mol. The van der Waals surface area contributed by atoms with Crippen LogP contribution in [0.25, 0.3) is 0 Å². The summed E-state index contributed by atoms with van der Waals surface area (Å²) >= 11 is 1.27. The van der Waals surface area contributed by atoms with Crippen LogP contribution >= 0.6 is 11.8 Å². The highest BCUT2D eigenvalue weighted by Gasteiger charge is 2.40. The molecule has 4 rings (SSSR count). The number of hydrogen-bond acceptors (Lipinski definition) is 5. The van der Waals surface area contributed by atoms with Crippen LogP contribution in [0.2, 0.25) is 0 Å². The minimum atomic E-state index is -0.451. The Morgan fingerprint density at radius 2 is 1.93 bits per heavy atom. The van der Waals surface area contributed by atoms with Crippen molar-refractivity contribution < 1.29 is 9.59 Å². The predicted octanol–water partition coefficient (Wildman–Crippen LogP) is 3.41. The molecule has 0 aromatic heterocycles. The van der Waals surface area contributed by atoms with Gasteiger partial charge >= 0.3 is 0 Å². The molecule has 2 amide bonds. The lowest BCUT2D eigenvalue weighted by Crippen LogP contribution is -2.42. The van der Waals surface area contributed by atoms with Crippen LogP contribution in [-0.2, 0) is 16.1 Å². The number of aryl methyl sites for hydroxylation is 1. The van der Waals surface area contributed by atoms with E-state index in [1.165, 1.54) is 17.3 Å². The van der Waals surface area contributed by atoms with Gasteiger partial charge in [0, 0.05) is 12.1 Å². The summed E-state index contributed by atoms with van der Waals surface area (Å²) in [5.74, 6) is 0.395. The molecule has 7 heteroatoms. The smallest absolute Gasteiger partial charge is 0.258 e. The third kappa shape index (κ3) is 3.82. The minimum Gasteiger partial charge on any atom is -0.351 e. The van der Waals surface area contributed by atoms with E-state index < -0.39 is 11.3 Å². The lowest BCUT2D eigenvalue weighted by molar-refractivity contribution is -0.124. The monoisotopic (exact) mass is 406 g/mol. The van der Waals surface area contributed by atoms with E-state index >= 15 is 0 Å². The van der Waals surface area contributed by atoms with Gasteiger partial charge in [0.25, 0.3) is 5.91 Å². The number of para-hydroxylation sites is 1. The number of nitrogens with one attached hydrogen (secondary N) is 1. The summed E-state index contributed by atoms with van der Waals surface area (Å²) in [6.07, 6.45) is 0. The number of hydrogen-bond donors (Lipinski definition) is 1. The second kappa shape index (κ2) is 7.83. The van der Waals surface area contributed by atoms with Crippen molar-refractivity contribution in [3.8, 4) is 0 Å². The van der Waals surface area contributed by atoms with Crippen LogP contribution in [0.1, 0.15) is 30.5 Å². The maximum absolute atomic E-state index is 12.7. The number of carbonyl (C=O) groups is 2. The largest absolute Gasteiger partial charge is 0.351 e. The SMILES string of the molecule is Cc1ccc(CNC(=O)C(C)SC2=Nc3ccccc3C3=NC(C)C(=O)N23)cc1. The number of amides is 2. The van der Waals surface area contributed by atoms with E-state index in [4.69, 9.17) is 0 Å². The Hall–Kier alpha value is -2.93. The molecule has 2 aromatic rings. The van der Waals surface area contributed by atoms with Gasteiger partial charge in [-0.15, -0.1) is 0 Å². The van der Waals surface area contributed by atoms with Gasteiger partial charge in [0.15, 0.2) is 5.17 Å². The number of fused-ring (bicyclic) bond motifs is 3. The molecule has 6 nitrogen and oxygen atoms in total. The van der Waals surface area contributed by atoms with Crippen LogP contribution < -0.4 is 5.32 Å². The second-order valence-electron chi connectivity index (χ2n) is 7.18. The van der Waals surface area contributed by atoms with E-state index in [0.29, 0.717) is 17.5 Å². The fourth-order valence-electron chi connectivity index (χ4n) is 3.21. The van der Waals surface area contributed by atoms with Crippen molar-refractivity contribution in [2.75, 3.05) is 0 Å². The molecule has 2 unspecified atom stereocenters. The fourth-order valence-corrected chi connectivity index (χ4v) is 4.14. The van der Waals surface area contributed by atoms with Gasteiger partial charge < -0.3 is 5.32 Å². The van der Waals surface area contributed by atoms with Gasteiger partial charge in [0.2, 0.25) is 5.91 Å². The Balaban J connectivity index is 1.49. The van der Waals surface area contributed by atoms with Crippen LogP contribution in [0.3, 0.4) is 0 Å². The molecule has 2 aliphatic heterocycles. The zero-order valence-corrected chi connectivity index (χ0v) is 17.4. The Kier molecular flexibility index (Phi) is 5.24. The first kappa shape index (κ1) is 19.4. The first-order valence-corrected chi connectivity index (χ1v) is 10.4. The fraction of sp³-hybridized carbons (Fsp3) is 0.273. The normalized spacial score (nSPS) is 18.5.